The Kier molecular flexibility index (Phi) is 4.40. The van der Waals surface area contributed by atoms with E-state index in [1.54, 1.807) is 18.2 Å². The molecule has 0 aliphatic rings. The number of fused-ring (bicyclic) bond motifs is 1. The number of hydrogen-bond donors (Lipinski definition) is 1. The second-order valence-electron chi connectivity index (χ2n) is 4.60. The van der Waals surface area contributed by atoms with Crippen LogP contribution >= 0.6 is 0 Å². The Bertz CT molecular complexity index is 613. The van der Waals surface area contributed by atoms with Crippen molar-refractivity contribution in [3.05, 3.63) is 36.0 Å². The minimum Gasteiger partial charge on any atom is -0.481 e. The van der Waals surface area contributed by atoms with Crippen LogP contribution in [0, 0.1) is 0 Å². The molecule has 106 valence electrons. The van der Waals surface area contributed by atoms with E-state index in [0.717, 1.165) is 22.8 Å². The number of methoxy groups -OCH3 is 1. The molecular formula is C15H19N3O2. The lowest BCUT2D eigenvalue weighted by Gasteiger charge is -2.20. The Morgan fingerprint density at radius 2 is 2.05 bits per heavy atom. The number of nitrogens with two attached hydrogens (primary N) is 1. The van der Waals surface area contributed by atoms with Gasteiger partial charge in [0.05, 0.1) is 7.11 Å². The third-order valence-corrected chi connectivity index (χ3v) is 3.20. The molecular weight excluding hydrogens is 254 g/mol. The molecule has 0 aliphatic carbocycles. The Balaban J connectivity index is 2.42. The van der Waals surface area contributed by atoms with Crippen LogP contribution in [0.3, 0.4) is 0 Å². The van der Waals surface area contributed by atoms with E-state index in [9.17, 15) is 4.79 Å². The highest BCUT2D eigenvalue weighted by Gasteiger charge is 2.13. The average Bonchev–Trinajstić information content (AvgIpc) is 2.46. The van der Waals surface area contributed by atoms with E-state index in [1.807, 2.05) is 31.2 Å². The SMILES string of the molecule is CCCN(Cc1cnc(OC)c2ccccc12)C(N)=O. The number of aromatic nitrogens is 1. The highest BCUT2D eigenvalue weighted by molar-refractivity contribution is 5.89. The second kappa shape index (κ2) is 6.23. The molecule has 2 N–H and O–H groups in total. The molecule has 0 atom stereocenters. The first-order chi connectivity index (χ1) is 9.67. The number of primary amides is 1. The Morgan fingerprint density at radius 3 is 2.65 bits per heavy atom. The standard InChI is InChI=1S/C15H19N3O2/c1-3-8-18(15(16)19)10-11-9-17-14(20-2)13-7-5-4-6-12(11)13/h4-7,9H,3,8,10H2,1-2H3,(H2,16,19). The zero-order chi connectivity index (χ0) is 14.5. The molecule has 0 unspecified atom stereocenters. The number of nitrogens with zero attached hydrogens (tertiary/aromatic N) is 2. The Labute approximate surface area is 118 Å². The molecule has 2 rings (SSSR count). The predicted molar refractivity (Wildman–Crippen MR) is 78.6 cm³/mol. The van der Waals surface area contributed by atoms with Crippen LogP contribution in [0.2, 0.25) is 0 Å². The molecule has 2 amide bonds. The summed E-state index contributed by atoms with van der Waals surface area (Å²) in [6.07, 6.45) is 2.61. The topological polar surface area (TPSA) is 68.5 Å². The van der Waals surface area contributed by atoms with Gasteiger partial charge in [-0.05, 0) is 23.4 Å². The summed E-state index contributed by atoms with van der Waals surface area (Å²) in [7, 11) is 1.60. The number of urea groups is 1. The molecule has 0 aliphatic heterocycles. The minimum atomic E-state index is -0.410. The summed E-state index contributed by atoms with van der Waals surface area (Å²) in [6, 6.07) is 7.44. The molecule has 0 bridgehead atoms. The maximum atomic E-state index is 11.5. The first kappa shape index (κ1) is 14.1. The van der Waals surface area contributed by atoms with E-state index >= 15 is 0 Å². The first-order valence-electron chi connectivity index (χ1n) is 6.62. The van der Waals surface area contributed by atoms with Crippen LogP contribution in [-0.4, -0.2) is 29.6 Å². The number of benzene rings is 1. The normalized spacial score (nSPS) is 10.5. The zero-order valence-electron chi connectivity index (χ0n) is 11.8. The first-order valence-corrected chi connectivity index (χ1v) is 6.62. The van der Waals surface area contributed by atoms with Crippen LogP contribution in [0.25, 0.3) is 10.8 Å². The summed E-state index contributed by atoms with van der Waals surface area (Å²) in [5.74, 6) is 0.588. The van der Waals surface area contributed by atoms with Gasteiger partial charge in [0.1, 0.15) is 0 Å². The van der Waals surface area contributed by atoms with E-state index in [0.29, 0.717) is 19.0 Å². The van der Waals surface area contributed by atoms with Crippen LogP contribution < -0.4 is 10.5 Å². The van der Waals surface area contributed by atoms with Crippen LogP contribution in [0.4, 0.5) is 4.79 Å². The molecule has 5 heteroatoms. The van der Waals surface area contributed by atoms with Gasteiger partial charge in [0, 0.05) is 24.7 Å². The molecule has 1 aromatic carbocycles. The van der Waals surface area contributed by atoms with Gasteiger partial charge in [-0.3, -0.25) is 0 Å². The van der Waals surface area contributed by atoms with Gasteiger partial charge in [-0.1, -0.05) is 25.1 Å². The van der Waals surface area contributed by atoms with Gasteiger partial charge in [0.2, 0.25) is 5.88 Å². The summed E-state index contributed by atoms with van der Waals surface area (Å²) >= 11 is 0. The number of carbonyl (C=O) groups is 1. The van der Waals surface area contributed by atoms with Crippen molar-refractivity contribution < 1.29 is 9.53 Å². The third-order valence-electron chi connectivity index (χ3n) is 3.20. The lowest BCUT2D eigenvalue weighted by atomic mass is 10.1. The van der Waals surface area contributed by atoms with E-state index in [2.05, 4.69) is 4.98 Å². The average molecular weight is 273 g/mol. The van der Waals surface area contributed by atoms with Gasteiger partial charge in [-0.15, -0.1) is 0 Å². The number of ether oxygens (including phenoxy) is 1. The minimum absolute atomic E-state index is 0.410. The number of amides is 2. The second-order valence-corrected chi connectivity index (χ2v) is 4.60. The van der Waals surface area contributed by atoms with Crippen molar-refractivity contribution >= 4 is 16.8 Å². The van der Waals surface area contributed by atoms with Crippen LogP contribution in [-0.2, 0) is 6.54 Å². The maximum absolute atomic E-state index is 11.5. The fourth-order valence-electron chi connectivity index (χ4n) is 2.26. The quantitative estimate of drug-likeness (QED) is 0.910. The molecule has 5 nitrogen and oxygen atoms in total. The highest BCUT2D eigenvalue weighted by Crippen LogP contribution is 2.26. The molecule has 0 spiro atoms. The van der Waals surface area contributed by atoms with Crippen molar-refractivity contribution in [2.45, 2.75) is 19.9 Å². The van der Waals surface area contributed by atoms with Gasteiger partial charge in [-0.25, -0.2) is 9.78 Å². The smallest absolute Gasteiger partial charge is 0.315 e. The fraction of sp³-hybridized carbons (Fsp3) is 0.333. The van der Waals surface area contributed by atoms with Gasteiger partial charge >= 0.3 is 6.03 Å². The predicted octanol–water partition coefficient (Wildman–Crippen LogP) is 2.53. The van der Waals surface area contributed by atoms with Crippen molar-refractivity contribution in [1.29, 1.82) is 0 Å². The van der Waals surface area contributed by atoms with E-state index < -0.39 is 6.03 Å². The van der Waals surface area contributed by atoms with Crippen molar-refractivity contribution in [3.63, 3.8) is 0 Å². The monoisotopic (exact) mass is 273 g/mol. The largest absolute Gasteiger partial charge is 0.481 e. The van der Waals surface area contributed by atoms with Crippen molar-refractivity contribution in [1.82, 2.24) is 9.88 Å². The molecule has 0 saturated carbocycles. The molecule has 0 radical (unpaired) electrons. The highest BCUT2D eigenvalue weighted by atomic mass is 16.5. The van der Waals surface area contributed by atoms with E-state index in [-0.39, 0.29) is 0 Å². The van der Waals surface area contributed by atoms with E-state index in [4.69, 9.17) is 10.5 Å². The van der Waals surface area contributed by atoms with Gasteiger partial charge < -0.3 is 15.4 Å². The zero-order valence-corrected chi connectivity index (χ0v) is 11.8. The maximum Gasteiger partial charge on any atom is 0.315 e. The summed E-state index contributed by atoms with van der Waals surface area (Å²) < 4.78 is 5.27. The van der Waals surface area contributed by atoms with Crippen LogP contribution in [0.5, 0.6) is 5.88 Å². The van der Waals surface area contributed by atoms with Crippen LogP contribution in [0.1, 0.15) is 18.9 Å². The lowest BCUT2D eigenvalue weighted by molar-refractivity contribution is 0.205. The van der Waals surface area contributed by atoms with Gasteiger partial charge in [-0.2, -0.15) is 0 Å². The summed E-state index contributed by atoms with van der Waals surface area (Å²) in [5.41, 5.74) is 6.38. The number of pyridine rings is 1. The molecule has 0 fully saturated rings. The molecule has 1 aromatic heterocycles. The molecule has 1 heterocycles. The van der Waals surface area contributed by atoms with Crippen molar-refractivity contribution in [3.8, 4) is 5.88 Å². The summed E-state index contributed by atoms with van der Waals surface area (Å²) in [5, 5.41) is 1.97. The third kappa shape index (κ3) is 2.82. The van der Waals surface area contributed by atoms with Crippen LogP contribution in [0.15, 0.2) is 30.5 Å². The Morgan fingerprint density at radius 1 is 1.35 bits per heavy atom. The van der Waals surface area contributed by atoms with E-state index in [1.165, 1.54) is 0 Å². The number of rotatable bonds is 5. The van der Waals surface area contributed by atoms with Gasteiger partial charge in [0.15, 0.2) is 0 Å². The number of hydrogen-bond acceptors (Lipinski definition) is 3. The lowest BCUT2D eigenvalue weighted by Crippen LogP contribution is -2.35. The summed E-state index contributed by atoms with van der Waals surface area (Å²) in [4.78, 5) is 17.4. The fourth-order valence-corrected chi connectivity index (χ4v) is 2.26. The van der Waals surface area contributed by atoms with Gasteiger partial charge in [0.25, 0.3) is 0 Å². The molecule has 20 heavy (non-hydrogen) atoms. The number of carbonyl (C=O) groups excluding carboxylic acids is 1. The molecule has 2 aromatic rings. The Hall–Kier alpha value is -2.30. The summed E-state index contributed by atoms with van der Waals surface area (Å²) in [6.45, 7) is 3.11. The van der Waals surface area contributed by atoms with Crippen molar-refractivity contribution in [2.75, 3.05) is 13.7 Å². The molecule has 0 saturated heterocycles. The van der Waals surface area contributed by atoms with Crippen molar-refractivity contribution in [2.24, 2.45) is 5.73 Å².